The molecular formula is C20H27N3O3. The van der Waals surface area contributed by atoms with Gasteiger partial charge in [0.15, 0.2) is 5.78 Å². The molecule has 1 aromatic rings. The molecule has 0 N–H and O–H groups in total. The predicted molar refractivity (Wildman–Crippen MR) is 98.5 cm³/mol. The van der Waals surface area contributed by atoms with Crippen LogP contribution in [0.5, 0.6) is 0 Å². The normalized spacial score (nSPS) is 38.4. The average Bonchev–Trinajstić information content (AvgIpc) is 2.58. The van der Waals surface area contributed by atoms with Crippen molar-refractivity contribution in [3.05, 3.63) is 39.9 Å². The molecule has 4 aliphatic rings. The van der Waals surface area contributed by atoms with Crippen LogP contribution in [0.3, 0.4) is 0 Å². The topological polar surface area (TPSA) is 66.7 Å². The van der Waals surface area contributed by atoms with Crippen LogP contribution in [-0.2, 0) is 4.79 Å². The summed E-state index contributed by atoms with van der Waals surface area (Å²) in [5.74, 6) is 1.01. The first-order chi connectivity index (χ1) is 12.2. The lowest BCUT2D eigenvalue weighted by molar-refractivity contribution is -0.385. The van der Waals surface area contributed by atoms with Gasteiger partial charge in [-0.3, -0.25) is 24.7 Å². The lowest BCUT2D eigenvalue weighted by Crippen LogP contribution is -2.78. The van der Waals surface area contributed by atoms with E-state index in [4.69, 9.17) is 0 Å². The fourth-order valence-corrected chi connectivity index (χ4v) is 5.50. The van der Waals surface area contributed by atoms with Crippen LogP contribution < -0.4 is 0 Å². The SMILES string of the molecule is CC(C)C12CN3CC(C(C)C)(CN(C1)C3c1cccc([N+](=O)[O-])c1)C2=O. The van der Waals surface area contributed by atoms with E-state index >= 15 is 0 Å². The van der Waals surface area contributed by atoms with Gasteiger partial charge in [0.25, 0.3) is 5.69 Å². The first kappa shape index (κ1) is 17.6. The van der Waals surface area contributed by atoms with Crippen LogP contribution in [0.25, 0.3) is 0 Å². The monoisotopic (exact) mass is 357 g/mol. The molecule has 4 fully saturated rings. The fourth-order valence-electron chi connectivity index (χ4n) is 5.50. The minimum absolute atomic E-state index is 0.0294. The Kier molecular flexibility index (Phi) is 3.80. The molecule has 0 atom stereocenters. The summed E-state index contributed by atoms with van der Waals surface area (Å²) in [5, 5.41) is 11.2. The zero-order chi connectivity index (χ0) is 18.9. The fraction of sp³-hybridized carbons (Fsp3) is 0.650. The summed E-state index contributed by atoms with van der Waals surface area (Å²) in [6, 6.07) is 6.98. The molecule has 0 amide bonds. The van der Waals surface area contributed by atoms with Gasteiger partial charge in [0.1, 0.15) is 0 Å². The van der Waals surface area contributed by atoms with Crippen LogP contribution in [0.1, 0.15) is 39.4 Å². The molecule has 0 radical (unpaired) electrons. The molecule has 4 bridgehead atoms. The van der Waals surface area contributed by atoms with Crippen molar-refractivity contribution in [1.82, 2.24) is 9.80 Å². The van der Waals surface area contributed by atoms with Crippen molar-refractivity contribution in [3.63, 3.8) is 0 Å². The third-order valence-corrected chi connectivity index (χ3v) is 7.13. The van der Waals surface area contributed by atoms with Crippen molar-refractivity contribution < 1.29 is 9.72 Å². The van der Waals surface area contributed by atoms with Crippen molar-refractivity contribution in [2.45, 2.75) is 33.9 Å². The third kappa shape index (κ3) is 2.15. The van der Waals surface area contributed by atoms with Crippen molar-refractivity contribution in [2.24, 2.45) is 22.7 Å². The highest BCUT2D eigenvalue weighted by Gasteiger charge is 2.67. The second-order valence-corrected chi connectivity index (χ2v) is 8.99. The van der Waals surface area contributed by atoms with Gasteiger partial charge in [0.2, 0.25) is 0 Å². The van der Waals surface area contributed by atoms with E-state index in [-0.39, 0.29) is 39.4 Å². The van der Waals surface area contributed by atoms with E-state index in [2.05, 4.69) is 37.5 Å². The quantitative estimate of drug-likeness (QED) is 0.612. The number of rotatable bonds is 4. The number of hydrogen-bond donors (Lipinski definition) is 0. The smallest absolute Gasteiger partial charge is 0.269 e. The van der Waals surface area contributed by atoms with Gasteiger partial charge in [-0.15, -0.1) is 0 Å². The van der Waals surface area contributed by atoms with Gasteiger partial charge in [-0.2, -0.15) is 0 Å². The zero-order valence-electron chi connectivity index (χ0n) is 15.9. The number of nitro groups is 1. The summed E-state index contributed by atoms with van der Waals surface area (Å²) in [6.07, 6.45) is 0.0294. The van der Waals surface area contributed by atoms with E-state index in [1.807, 2.05) is 6.07 Å². The Bertz CT molecular complexity index is 727. The van der Waals surface area contributed by atoms with Gasteiger partial charge in [-0.1, -0.05) is 39.8 Å². The highest BCUT2D eigenvalue weighted by atomic mass is 16.6. The van der Waals surface area contributed by atoms with E-state index in [1.165, 1.54) is 0 Å². The molecule has 0 saturated carbocycles. The zero-order valence-corrected chi connectivity index (χ0v) is 15.9. The molecule has 5 rings (SSSR count). The molecule has 0 unspecified atom stereocenters. The summed E-state index contributed by atoms with van der Waals surface area (Å²) in [4.78, 5) is 29.2. The second kappa shape index (κ2) is 5.60. The highest BCUT2D eigenvalue weighted by Crippen LogP contribution is 2.57. The largest absolute Gasteiger partial charge is 0.298 e. The number of non-ortho nitro benzene ring substituents is 1. The Balaban J connectivity index is 1.78. The van der Waals surface area contributed by atoms with E-state index < -0.39 is 0 Å². The molecule has 0 aromatic heterocycles. The van der Waals surface area contributed by atoms with E-state index in [0.29, 0.717) is 5.78 Å². The van der Waals surface area contributed by atoms with Gasteiger partial charge in [-0.25, -0.2) is 0 Å². The molecule has 1 aromatic carbocycles. The Labute approximate surface area is 154 Å². The summed E-state index contributed by atoms with van der Waals surface area (Å²) in [6.45, 7) is 11.6. The Morgan fingerprint density at radius 2 is 1.54 bits per heavy atom. The molecule has 4 aliphatic heterocycles. The minimum Gasteiger partial charge on any atom is -0.298 e. The maximum Gasteiger partial charge on any atom is 0.269 e. The third-order valence-electron chi connectivity index (χ3n) is 7.13. The van der Waals surface area contributed by atoms with Crippen LogP contribution in [0.2, 0.25) is 0 Å². The average molecular weight is 357 g/mol. The summed E-state index contributed by atoms with van der Waals surface area (Å²) < 4.78 is 0. The van der Waals surface area contributed by atoms with Gasteiger partial charge in [0, 0.05) is 38.3 Å². The van der Waals surface area contributed by atoms with Gasteiger partial charge >= 0.3 is 0 Å². The molecule has 0 spiro atoms. The van der Waals surface area contributed by atoms with Crippen molar-refractivity contribution in [3.8, 4) is 0 Å². The maximum absolute atomic E-state index is 13.5. The lowest BCUT2D eigenvalue weighted by atomic mass is 9.53. The van der Waals surface area contributed by atoms with Crippen LogP contribution >= 0.6 is 0 Å². The number of Topliss-reactive ketones (excluding diaryl/α,β-unsaturated/α-hetero) is 1. The standard InChI is InChI=1S/C20H27N3O3/c1-13(2)19-9-21-11-20(14(3)4,18(19)24)12-22(10-19)17(21)15-6-5-7-16(8-15)23(25)26/h5-8,13-14,17H,9-12H2,1-4H3. The number of ketones is 1. The summed E-state index contributed by atoms with van der Waals surface area (Å²) >= 11 is 0. The summed E-state index contributed by atoms with van der Waals surface area (Å²) in [5.41, 5.74) is 0.450. The number of benzene rings is 1. The van der Waals surface area contributed by atoms with Gasteiger partial charge in [0.05, 0.1) is 21.9 Å². The molecule has 26 heavy (non-hydrogen) atoms. The number of carbonyl (C=O) groups excluding carboxylic acids is 1. The van der Waals surface area contributed by atoms with E-state index in [1.54, 1.807) is 18.2 Å². The number of carbonyl (C=O) groups is 1. The van der Waals surface area contributed by atoms with Crippen molar-refractivity contribution >= 4 is 11.5 Å². The van der Waals surface area contributed by atoms with Crippen LogP contribution in [-0.4, -0.2) is 46.7 Å². The van der Waals surface area contributed by atoms with Crippen LogP contribution in [0, 0.1) is 32.8 Å². The first-order valence-corrected chi connectivity index (χ1v) is 9.49. The molecule has 6 heteroatoms. The first-order valence-electron chi connectivity index (χ1n) is 9.49. The van der Waals surface area contributed by atoms with E-state index in [0.717, 1.165) is 31.7 Å². The number of piperidine rings is 2. The van der Waals surface area contributed by atoms with Crippen molar-refractivity contribution in [1.29, 1.82) is 0 Å². The van der Waals surface area contributed by atoms with Crippen LogP contribution in [0.4, 0.5) is 5.69 Å². The van der Waals surface area contributed by atoms with Crippen molar-refractivity contribution in [2.75, 3.05) is 26.2 Å². The Morgan fingerprint density at radius 1 is 1.04 bits per heavy atom. The molecule has 0 aliphatic carbocycles. The maximum atomic E-state index is 13.5. The molecular weight excluding hydrogens is 330 g/mol. The Morgan fingerprint density at radius 3 is 1.96 bits per heavy atom. The Hall–Kier alpha value is -1.79. The summed E-state index contributed by atoms with van der Waals surface area (Å²) in [7, 11) is 0. The van der Waals surface area contributed by atoms with Crippen LogP contribution in [0.15, 0.2) is 24.3 Å². The number of nitro benzene ring substituents is 1. The van der Waals surface area contributed by atoms with Gasteiger partial charge in [-0.05, 0) is 17.4 Å². The second-order valence-electron chi connectivity index (χ2n) is 8.99. The minimum atomic E-state index is -0.334. The van der Waals surface area contributed by atoms with E-state index in [9.17, 15) is 14.9 Å². The predicted octanol–water partition coefficient (Wildman–Crippen LogP) is 3.09. The lowest BCUT2D eigenvalue weighted by Gasteiger charge is -2.68. The number of nitrogens with zero attached hydrogens (tertiary/aromatic N) is 3. The van der Waals surface area contributed by atoms with Gasteiger partial charge < -0.3 is 0 Å². The number of hydrogen-bond acceptors (Lipinski definition) is 5. The highest BCUT2D eigenvalue weighted by molar-refractivity contribution is 5.94. The molecule has 6 nitrogen and oxygen atoms in total. The molecule has 4 heterocycles. The molecule has 140 valence electrons. The molecule has 4 saturated heterocycles.